The third kappa shape index (κ3) is 8.18. The first-order chi connectivity index (χ1) is 15.0. The van der Waals surface area contributed by atoms with Crippen molar-refractivity contribution in [2.75, 3.05) is 19.6 Å². The van der Waals surface area contributed by atoms with Crippen LogP contribution < -0.4 is 4.84 Å². The zero-order valence-electron chi connectivity index (χ0n) is 20.0. The second-order valence-corrected chi connectivity index (χ2v) is 10.6. The van der Waals surface area contributed by atoms with E-state index in [1.165, 1.54) is 69.8 Å². The number of unbranched alkanes of at least 4 members (excludes halogenated alkanes) is 2. The van der Waals surface area contributed by atoms with Gasteiger partial charge in [-0.15, -0.1) is 12.4 Å². The minimum atomic E-state index is 0. The molecule has 0 saturated heterocycles. The topological polar surface area (TPSA) is 45.2 Å². The molecule has 5 rings (SSSR count). The Kier molecular flexibility index (Phi) is 11.8. The van der Waals surface area contributed by atoms with Crippen LogP contribution in [0, 0.1) is 23.2 Å². The van der Waals surface area contributed by atoms with Crippen LogP contribution in [0.25, 0.3) is 0 Å². The fourth-order valence-electron chi connectivity index (χ4n) is 6.69. The van der Waals surface area contributed by atoms with E-state index in [1.807, 2.05) is 12.1 Å². The van der Waals surface area contributed by atoms with E-state index in [-0.39, 0.29) is 18.3 Å². The Bertz CT molecular complexity index is 635. The van der Waals surface area contributed by atoms with Crippen molar-refractivity contribution in [1.82, 2.24) is 14.7 Å². The fraction of sp³-hybridized carbons (Fsp3) is 0.769. The van der Waals surface area contributed by atoms with Gasteiger partial charge in [-0.2, -0.15) is 0 Å². The molecule has 4 fully saturated rings. The number of pyridine rings is 1. The standard InChI is InChI=1S/C19H33NO.C7H9ClN2.ClH/c1-3-4-5-7-20(15(2)21)8-6-19-12-16-9-17(13-19)11-18(10-16)14-19;8-10-6-3-7-1-4-9-5-2-7;/h16-18H,3-14H2,1-2H3;1-2,4-5,10H,3,6H2;1H. The Morgan fingerprint density at radius 2 is 1.69 bits per heavy atom. The van der Waals surface area contributed by atoms with Gasteiger partial charge in [0.2, 0.25) is 5.91 Å². The lowest BCUT2D eigenvalue weighted by atomic mass is 9.49. The van der Waals surface area contributed by atoms with Gasteiger partial charge in [-0.25, -0.2) is 4.84 Å². The number of halogens is 2. The van der Waals surface area contributed by atoms with E-state index in [0.29, 0.717) is 5.41 Å². The molecule has 1 aromatic heterocycles. The molecule has 1 aromatic rings. The summed E-state index contributed by atoms with van der Waals surface area (Å²) in [6.45, 7) is 6.78. The Balaban J connectivity index is 0.000000280. The molecule has 0 atom stereocenters. The number of carbonyl (C=O) groups is 1. The molecular formula is C26H43Cl2N3O. The third-order valence-corrected chi connectivity index (χ3v) is 8.00. The average molecular weight is 485 g/mol. The van der Waals surface area contributed by atoms with Crippen molar-refractivity contribution in [2.24, 2.45) is 23.2 Å². The van der Waals surface area contributed by atoms with E-state index < -0.39 is 0 Å². The first-order valence-electron chi connectivity index (χ1n) is 12.5. The van der Waals surface area contributed by atoms with Crippen LogP contribution in [0.15, 0.2) is 24.5 Å². The van der Waals surface area contributed by atoms with Gasteiger partial charge in [-0.05, 0) is 110 Å². The number of hydrogen-bond donors (Lipinski definition) is 1. The van der Waals surface area contributed by atoms with Crippen molar-refractivity contribution >= 4 is 30.1 Å². The molecule has 0 aromatic carbocycles. The van der Waals surface area contributed by atoms with E-state index in [0.717, 1.165) is 43.8 Å². The van der Waals surface area contributed by atoms with E-state index in [9.17, 15) is 4.79 Å². The maximum Gasteiger partial charge on any atom is 0.219 e. The highest BCUT2D eigenvalue weighted by Gasteiger charge is 2.50. The first-order valence-corrected chi connectivity index (χ1v) is 12.9. The van der Waals surface area contributed by atoms with Gasteiger partial charge in [-0.1, -0.05) is 19.8 Å². The lowest BCUT2D eigenvalue weighted by Gasteiger charge is -2.57. The quantitative estimate of drug-likeness (QED) is 0.308. The Labute approximate surface area is 206 Å². The van der Waals surface area contributed by atoms with E-state index in [4.69, 9.17) is 11.8 Å². The molecule has 32 heavy (non-hydrogen) atoms. The highest BCUT2D eigenvalue weighted by molar-refractivity contribution is 6.13. The summed E-state index contributed by atoms with van der Waals surface area (Å²) in [6, 6.07) is 3.96. The smallest absolute Gasteiger partial charge is 0.219 e. The van der Waals surface area contributed by atoms with Gasteiger partial charge in [-0.3, -0.25) is 9.78 Å². The SMILES string of the molecule is CCCCCN(CCC12CC3CC(CC(C3)C1)C2)C(C)=O.Cl.ClNCCc1ccncc1. The molecule has 6 heteroatoms. The lowest BCUT2D eigenvalue weighted by Crippen LogP contribution is -2.47. The Hall–Kier alpha value is -0.840. The van der Waals surface area contributed by atoms with Crippen molar-refractivity contribution in [2.45, 2.75) is 84.5 Å². The normalized spacial score (nSPS) is 27.3. The van der Waals surface area contributed by atoms with Crippen LogP contribution in [0.2, 0.25) is 0 Å². The van der Waals surface area contributed by atoms with Crippen LogP contribution in [-0.4, -0.2) is 35.4 Å². The second kappa shape index (κ2) is 13.8. The number of nitrogens with zero attached hydrogens (tertiary/aromatic N) is 2. The van der Waals surface area contributed by atoms with Gasteiger partial charge < -0.3 is 4.90 Å². The minimum Gasteiger partial charge on any atom is -0.343 e. The van der Waals surface area contributed by atoms with Crippen LogP contribution in [0.5, 0.6) is 0 Å². The minimum absolute atomic E-state index is 0. The molecule has 0 unspecified atom stereocenters. The molecule has 182 valence electrons. The predicted octanol–water partition coefficient (Wildman–Crippen LogP) is 6.42. The summed E-state index contributed by atoms with van der Waals surface area (Å²) in [6.07, 6.45) is 18.4. The predicted molar refractivity (Wildman–Crippen MR) is 136 cm³/mol. The van der Waals surface area contributed by atoms with Crippen LogP contribution in [-0.2, 0) is 11.2 Å². The zero-order chi connectivity index (χ0) is 22.1. The van der Waals surface area contributed by atoms with E-state index in [1.54, 1.807) is 19.3 Å². The molecule has 0 radical (unpaired) electrons. The van der Waals surface area contributed by atoms with Crippen LogP contribution in [0.4, 0.5) is 0 Å². The molecule has 1 heterocycles. The molecule has 1 amide bonds. The average Bonchev–Trinajstić information content (AvgIpc) is 2.75. The van der Waals surface area contributed by atoms with Gasteiger partial charge in [0, 0.05) is 39.0 Å². The summed E-state index contributed by atoms with van der Waals surface area (Å²) >= 11 is 5.29. The van der Waals surface area contributed by atoms with Crippen molar-refractivity contribution in [3.8, 4) is 0 Å². The monoisotopic (exact) mass is 483 g/mol. The molecule has 0 aliphatic heterocycles. The largest absolute Gasteiger partial charge is 0.343 e. The van der Waals surface area contributed by atoms with Gasteiger partial charge in [0.1, 0.15) is 0 Å². The summed E-state index contributed by atoms with van der Waals surface area (Å²) in [5.41, 5.74) is 1.87. The fourth-order valence-corrected chi connectivity index (χ4v) is 6.78. The Morgan fingerprint density at radius 3 is 2.19 bits per heavy atom. The summed E-state index contributed by atoms with van der Waals surface area (Å²) in [5.74, 6) is 3.38. The zero-order valence-corrected chi connectivity index (χ0v) is 21.6. The Morgan fingerprint density at radius 1 is 1.09 bits per heavy atom. The summed E-state index contributed by atoms with van der Waals surface area (Å²) in [4.78, 5) is 20.5. The number of aromatic nitrogens is 1. The van der Waals surface area contributed by atoms with Crippen LogP contribution in [0.3, 0.4) is 0 Å². The van der Waals surface area contributed by atoms with Crippen LogP contribution in [0.1, 0.15) is 83.6 Å². The summed E-state index contributed by atoms with van der Waals surface area (Å²) in [7, 11) is 0. The molecule has 4 bridgehead atoms. The third-order valence-electron chi connectivity index (χ3n) is 7.81. The molecule has 4 saturated carbocycles. The molecular weight excluding hydrogens is 441 g/mol. The maximum absolute atomic E-state index is 11.9. The van der Waals surface area contributed by atoms with Crippen molar-refractivity contribution < 1.29 is 4.79 Å². The van der Waals surface area contributed by atoms with Crippen molar-refractivity contribution in [3.63, 3.8) is 0 Å². The number of amides is 1. The number of hydrogen-bond acceptors (Lipinski definition) is 3. The van der Waals surface area contributed by atoms with Gasteiger partial charge in [0.15, 0.2) is 0 Å². The molecule has 4 aliphatic carbocycles. The van der Waals surface area contributed by atoms with Gasteiger partial charge >= 0.3 is 0 Å². The number of nitrogens with one attached hydrogen (secondary N) is 1. The van der Waals surface area contributed by atoms with Gasteiger partial charge in [0.25, 0.3) is 0 Å². The molecule has 4 nitrogen and oxygen atoms in total. The second-order valence-electron chi connectivity index (χ2n) is 10.4. The van der Waals surface area contributed by atoms with E-state index in [2.05, 4.69) is 21.6 Å². The lowest BCUT2D eigenvalue weighted by molar-refractivity contribution is -0.130. The molecule has 0 spiro atoms. The van der Waals surface area contributed by atoms with Crippen molar-refractivity contribution in [3.05, 3.63) is 30.1 Å². The number of rotatable bonds is 10. The highest BCUT2D eigenvalue weighted by Crippen LogP contribution is 2.61. The van der Waals surface area contributed by atoms with Gasteiger partial charge in [0.05, 0.1) is 0 Å². The highest BCUT2D eigenvalue weighted by atomic mass is 35.5. The first kappa shape index (κ1) is 27.4. The van der Waals surface area contributed by atoms with Crippen LogP contribution >= 0.6 is 24.2 Å². The van der Waals surface area contributed by atoms with E-state index >= 15 is 0 Å². The summed E-state index contributed by atoms with van der Waals surface area (Å²) in [5, 5.41) is 0. The maximum atomic E-state index is 11.9. The molecule has 1 N–H and O–H groups in total. The molecule has 4 aliphatic rings. The summed E-state index contributed by atoms with van der Waals surface area (Å²) < 4.78 is 0. The van der Waals surface area contributed by atoms with Crippen molar-refractivity contribution in [1.29, 1.82) is 0 Å². The number of carbonyl (C=O) groups excluding carboxylic acids is 1.